The molecule has 2 nitrogen and oxygen atoms in total. The Bertz CT molecular complexity index is 126. The van der Waals surface area contributed by atoms with Gasteiger partial charge in [-0.1, -0.05) is 20.8 Å². The number of hydrogen-bond acceptors (Lipinski definition) is 2. The van der Waals surface area contributed by atoms with Crippen molar-refractivity contribution in [1.82, 2.24) is 0 Å². The van der Waals surface area contributed by atoms with Gasteiger partial charge in [-0.25, -0.2) is 0 Å². The van der Waals surface area contributed by atoms with Gasteiger partial charge in [0.05, 0.1) is 13.2 Å². The number of rotatable bonds is 4. The summed E-state index contributed by atoms with van der Waals surface area (Å²) in [7, 11) is 0. The Hall–Kier alpha value is -0.0800. The third kappa shape index (κ3) is 2.46. The Morgan fingerprint density at radius 3 is 2.25 bits per heavy atom. The van der Waals surface area contributed by atoms with Gasteiger partial charge >= 0.3 is 0 Å². The van der Waals surface area contributed by atoms with Gasteiger partial charge in [0, 0.05) is 6.42 Å². The highest BCUT2D eigenvalue weighted by molar-refractivity contribution is 4.72. The second-order valence-corrected chi connectivity index (χ2v) is 3.89. The zero-order valence-corrected chi connectivity index (χ0v) is 8.43. The van der Waals surface area contributed by atoms with Crippen molar-refractivity contribution in [3.05, 3.63) is 0 Å². The van der Waals surface area contributed by atoms with E-state index in [-0.39, 0.29) is 5.79 Å². The van der Waals surface area contributed by atoms with E-state index in [9.17, 15) is 0 Å². The maximum absolute atomic E-state index is 5.62. The smallest absolute Gasteiger partial charge is 0.168 e. The summed E-state index contributed by atoms with van der Waals surface area (Å²) in [6, 6.07) is 0. The third-order valence-corrected chi connectivity index (χ3v) is 2.45. The summed E-state index contributed by atoms with van der Waals surface area (Å²) in [6.45, 7) is 8.14. The molecule has 0 aromatic rings. The fraction of sp³-hybridized carbons (Fsp3) is 1.00. The quantitative estimate of drug-likeness (QED) is 0.649. The fourth-order valence-electron chi connectivity index (χ4n) is 1.53. The van der Waals surface area contributed by atoms with Crippen molar-refractivity contribution < 1.29 is 9.47 Å². The lowest BCUT2D eigenvalue weighted by Gasteiger charge is -2.26. The Morgan fingerprint density at radius 1 is 1.25 bits per heavy atom. The molecule has 0 spiro atoms. The zero-order valence-electron chi connectivity index (χ0n) is 8.43. The predicted octanol–water partition coefficient (Wildman–Crippen LogP) is 2.58. The molecule has 1 aliphatic rings. The van der Waals surface area contributed by atoms with Gasteiger partial charge in [0.2, 0.25) is 0 Å². The molecule has 12 heavy (non-hydrogen) atoms. The molecule has 1 rings (SSSR count). The van der Waals surface area contributed by atoms with Crippen LogP contribution in [0.25, 0.3) is 0 Å². The first-order chi connectivity index (χ1) is 5.68. The normalized spacial score (nSPS) is 22.0. The molecule has 72 valence electrons. The van der Waals surface area contributed by atoms with Crippen LogP contribution in [0.4, 0.5) is 0 Å². The molecular weight excluding hydrogens is 152 g/mol. The minimum Gasteiger partial charge on any atom is -0.348 e. The van der Waals surface area contributed by atoms with Crippen LogP contribution < -0.4 is 0 Å². The first-order valence-electron chi connectivity index (χ1n) is 4.96. The Labute approximate surface area is 75.2 Å². The standard InChI is InChI=1S/C10H20O2/c1-4-10(6-5-9(2)3)11-7-8-12-10/h9H,4-8H2,1-3H3. The summed E-state index contributed by atoms with van der Waals surface area (Å²) in [5.74, 6) is 0.505. The average Bonchev–Trinajstić information content (AvgIpc) is 2.50. The van der Waals surface area contributed by atoms with E-state index in [1.54, 1.807) is 0 Å². The third-order valence-electron chi connectivity index (χ3n) is 2.45. The second kappa shape index (κ2) is 4.24. The molecule has 1 fully saturated rings. The van der Waals surface area contributed by atoms with Crippen LogP contribution in [-0.2, 0) is 9.47 Å². The van der Waals surface area contributed by atoms with E-state index >= 15 is 0 Å². The molecule has 0 radical (unpaired) electrons. The van der Waals surface area contributed by atoms with Crippen LogP contribution in [0.15, 0.2) is 0 Å². The van der Waals surface area contributed by atoms with Crippen molar-refractivity contribution in [3.8, 4) is 0 Å². The molecule has 0 unspecified atom stereocenters. The van der Waals surface area contributed by atoms with Crippen LogP contribution in [0.3, 0.4) is 0 Å². The van der Waals surface area contributed by atoms with Crippen LogP contribution in [0.1, 0.15) is 40.0 Å². The van der Waals surface area contributed by atoms with E-state index in [0.717, 1.165) is 32.0 Å². The molecule has 1 heterocycles. The summed E-state index contributed by atoms with van der Waals surface area (Å²) in [4.78, 5) is 0. The van der Waals surface area contributed by atoms with Crippen LogP contribution in [0.2, 0.25) is 0 Å². The van der Waals surface area contributed by atoms with Gasteiger partial charge < -0.3 is 9.47 Å². The van der Waals surface area contributed by atoms with E-state index in [0.29, 0.717) is 0 Å². The van der Waals surface area contributed by atoms with Crippen LogP contribution >= 0.6 is 0 Å². The molecule has 0 bridgehead atoms. The van der Waals surface area contributed by atoms with Crippen molar-refractivity contribution in [2.75, 3.05) is 13.2 Å². The minimum atomic E-state index is -0.232. The van der Waals surface area contributed by atoms with Gasteiger partial charge in [0.25, 0.3) is 0 Å². The topological polar surface area (TPSA) is 18.5 Å². The van der Waals surface area contributed by atoms with Crippen LogP contribution in [-0.4, -0.2) is 19.0 Å². The molecule has 0 saturated carbocycles. The lowest BCUT2D eigenvalue weighted by atomic mass is 10.0. The summed E-state index contributed by atoms with van der Waals surface area (Å²) in [5.41, 5.74) is 0. The van der Waals surface area contributed by atoms with E-state index < -0.39 is 0 Å². The fourth-order valence-corrected chi connectivity index (χ4v) is 1.53. The Kier molecular flexibility index (Phi) is 3.53. The van der Waals surface area contributed by atoms with Crippen molar-refractivity contribution in [1.29, 1.82) is 0 Å². The summed E-state index contributed by atoms with van der Waals surface area (Å²) in [5, 5.41) is 0. The second-order valence-electron chi connectivity index (χ2n) is 3.89. The maximum atomic E-state index is 5.62. The van der Waals surface area contributed by atoms with Gasteiger partial charge in [-0.3, -0.25) is 0 Å². The summed E-state index contributed by atoms with van der Waals surface area (Å²) in [6.07, 6.45) is 3.20. The van der Waals surface area contributed by atoms with Crippen molar-refractivity contribution in [2.45, 2.75) is 45.8 Å². The monoisotopic (exact) mass is 172 g/mol. The van der Waals surface area contributed by atoms with E-state index in [2.05, 4.69) is 20.8 Å². The molecule has 1 aliphatic heterocycles. The molecule has 0 aromatic heterocycles. The minimum absolute atomic E-state index is 0.232. The van der Waals surface area contributed by atoms with Crippen LogP contribution in [0, 0.1) is 5.92 Å². The summed E-state index contributed by atoms with van der Waals surface area (Å²) < 4.78 is 11.2. The van der Waals surface area contributed by atoms with Gasteiger partial charge in [0.15, 0.2) is 5.79 Å². The largest absolute Gasteiger partial charge is 0.348 e. The molecule has 0 atom stereocenters. The number of hydrogen-bond donors (Lipinski definition) is 0. The number of ether oxygens (including phenoxy) is 2. The van der Waals surface area contributed by atoms with E-state index in [1.807, 2.05) is 0 Å². The highest BCUT2D eigenvalue weighted by Gasteiger charge is 2.33. The van der Waals surface area contributed by atoms with Gasteiger partial charge in [-0.2, -0.15) is 0 Å². The predicted molar refractivity (Wildman–Crippen MR) is 49.0 cm³/mol. The molecule has 1 saturated heterocycles. The molecule has 0 aromatic carbocycles. The van der Waals surface area contributed by atoms with Crippen molar-refractivity contribution >= 4 is 0 Å². The molecule has 2 heteroatoms. The van der Waals surface area contributed by atoms with Crippen LogP contribution in [0.5, 0.6) is 0 Å². The van der Waals surface area contributed by atoms with Gasteiger partial charge in [-0.15, -0.1) is 0 Å². The zero-order chi connectivity index (χ0) is 9.03. The summed E-state index contributed by atoms with van der Waals surface area (Å²) >= 11 is 0. The highest BCUT2D eigenvalue weighted by Crippen LogP contribution is 2.29. The van der Waals surface area contributed by atoms with E-state index in [1.165, 1.54) is 6.42 Å². The van der Waals surface area contributed by atoms with Gasteiger partial charge in [-0.05, 0) is 18.8 Å². The van der Waals surface area contributed by atoms with Crippen molar-refractivity contribution in [3.63, 3.8) is 0 Å². The SMILES string of the molecule is CCC1(CCC(C)C)OCCO1. The molecular formula is C10H20O2. The average molecular weight is 172 g/mol. The first-order valence-corrected chi connectivity index (χ1v) is 4.96. The van der Waals surface area contributed by atoms with Crippen molar-refractivity contribution in [2.24, 2.45) is 5.92 Å². The molecule has 0 N–H and O–H groups in total. The highest BCUT2D eigenvalue weighted by atomic mass is 16.7. The Balaban J connectivity index is 2.34. The Morgan fingerprint density at radius 2 is 1.83 bits per heavy atom. The lowest BCUT2D eigenvalue weighted by molar-refractivity contribution is -0.165. The lowest BCUT2D eigenvalue weighted by Crippen LogP contribution is -2.29. The van der Waals surface area contributed by atoms with E-state index in [4.69, 9.17) is 9.47 Å². The molecule has 0 aliphatic carbocycles. The van der Waals surface area contributed by atoms with Gasteiger partial charge in [0.1, 0.15) is 0 Å². The molecule has 0 amide bonds. The maximum Gasteiger partial charge on any atom is 0.168 e. The first kappa shape index (κ1) is 10.0.